The molecule has 0 aromatic heterocycles. The lowest BCUT2D eigenvalue weighted by atomic mass is 9.80. The molecule has 2 heterocycles. The summed E-state index contributed by atoms with van der Waals surface area (Å²) in [6.07, 6.45) is 0.736. The summed E-state index contributed by atoms with van der Waals surface area (Å²) in [5, 5.41) is 54.5. The number of aliphatic hydroxyl groups is 1. The Hall–Kier alpha value is -5.82. The van der Waals surface area contributed by atoms with Gasteiger partial charge in [0.25, 0.3) is 0 Å². The van der Waals surface area contributed by atoms with Crippen molar-refractivity contribution in [3.63, 3.8) is 0 Å². The molecule has 0 aliphatic carbocycles. The highest BCUT2D eigenvalue weighted by Gasteiger charge is 2.51. The molecule has 4 aromatic rings. The summed E-state index contributed by atoms with van der Waals surface area (Å²) in [6, 6.07) is 16.1. The first-order valence-corrected chi connectivity index (χ1v) is 17.0. The molecule has 0 bridgehead atoms. The minimum atomic E-state index is -1.92. The van der Waals surface area contributed by atoms with E-state index in [2.05, 4.69) is 0 Å². The van der Waals surface area contributed by atoms with Crippen LogP contribution in [-0.4, -0.2) is 84.7 Å². The van der Waals surface area contributed by atoms with Crippen molar-refractivity contribution in [2.45, 2.75) is 31.3 Å². The Morgan fingerprint density at radius 2 is 1.13 bits per heavy atom. The Kier molecular flexibility index (Phi) is 10.5. The molecule has 2 aliphatic heterocycles. The van der Waals surface area contributed by atoms with Crippen LogP contribution in [0.15, 0.2) is 60.7 Å². The van der Waals surface area contributed by atoms with Crippen LogP contribution in [0.3, 0.4) is 0 Å². The van der Waals surface area contributed by atoms with E-state index in [0.29, 0.717) is 35.3 Å². The van der Waals surface area contributed by atoms with Gasteiger partial charge in [0.1, 0.15) is 0 Å². The molecule has 4 aromatic carbocycles. The van der Waals surface area contributed by atoms with Gasteiger partial charge >= 0.3 is 11.9 Å². The van der Waals surface area contributed by atoms with Crippen molar-refractivity contribution in [2.24, 2.45) is 17.8 Å². The lowest BCUT2D eigenvalue weighted by molar-refractivity contribution is -0.154. The predicted molar refractivity (Wildman–Crippen MR) is 190 cm³/mol. The van der Waals surface area contributed by atoms with Crippen LogP contribution in [0.25, 0.3) is 11.1 Å². The van der Waals surface area contributed by atoms with E-state index in [1.807, 2.05) is 0 Å². The zero-order valence-electron chi connectivity index (χ0n) is 29.8. The fourth-order valence-corrected chi connectivity index (χ4v) is 7.23. The first-order chi connectivity index (χ1) is 25.4. The molecule has 6 rings (SSSR count). The van der Waals surface area contributed by atoms with Gasteiger partial charge in [-0.1, -0.05) is 12.1 Å². The molecule has 4 atom stereocenters. The van der Waals surface area contributed by atoms with Gasteiger partial charge in [0.2, 0.25) is 0 Å². The maximum atomic E-state index is 13.0. The number of rotatable bonds is 13. The van der Waals surface area contributed by atoms with Crippen molar-refractivity contribution in [3.8, 4) is 57.1 Å². The molecular weight excluding hydrogens is 688 g/mol. The third-order valence-electron chi connectivity index (χ3n) is 10.2. The maximum Gasteiger partial charge on any atom is 0.338 e. The van der Waals surface area contributed by atoms with Crippen LogP contribution in [0.4, 0.5) is 0 Å². The normalized spacial score (nSPS) is 20.9. The molecule has 2 fully saturated rings. The molecule has 13 heteroatoms. The predicted octanol–water partition coefficient (Wildman–Crippen LogP) is 4.47. The van der Waals surface area contributed by atoms with Gasteiger partial charge in [0.05, 0.1) is 47.6 Å². The second-order valence-electron chi connectivity index (χ2n) is 13.4. The minimum Gasteiger partial charge on any atom is -0.504 e. The third kappa shape index (κ3) is 7.29. The minimum absolute atomic E-state index is 0.00894. The highest BCUT2D eigenvalue weighted by molar-refractivity contribution is 5.83. The van der Waals surface area contributed by atoms with Crippen LogP contribution >= 0.6 is 0 Å². The standard InChI is InChI=1S/C40H42O13/c1-48-32-14-21(5-7-30(32)41)11-27-25(19-52-38(27)45)9-23-12-28(36(43)34(16-23)50-3)29-13-24(17-35(51-4)37(29)44)10-26-20-53-39(46)40(26,47)18-22-6-8-31(42)33(15-22)49-2/h5-8,12-17,25-27,41-44,47H,9-11,18-20H2,1-4H3/t25-,26+,27+,40+/m1/s1. The second kappa shape index (κ2) is 15.0. The van der Waals surface area contributed by atoms with Gasteiger partial charge in [-0.25, -0.2) is 4.79 Å². The number of carbonyl (C=O) groups excluding carboxylic acids is 2. The van der Waals surface area contributed by atoms with E-state index in [4.69, 9.17) is 28.4 Å². The SMILES string of the molecule is COc1cc(C[C@@H]2C(=O)OC[C@H]2Cc2cc(OC)c(O)c(-c3cc(C[C@H]4COC(=O)[C@]4(O)Cc4ccc(O)c(OC)c4)cc(OC)c3O)c2)ccc1O. The van der Waals surface area contributed by atoms with Gasteiger partial charge < -0.3 is 54.0 Å². The molecule has 53 heavy (non-hydrogen) atoms. The van der Waals surface area contributed by atoms with E-state index in [1.54, 1.807) is 48.5 Å². The largest absolute Gasteiger partial charge is 0.504 e. The van der Waals surface area contributed by atoms with Crippen LogP contribution in [0.5, 0.6) is 46.0 Å². The quantitative estimate of drug-likeness (QED) is 0.121. The molecule has 5 N–H and O–H groups in total. The van der Waals surface area contributed by atoms with Crippen LogP contribution < -0.4 is 18.9 Å². The van der Waals surface area contributed by atoms with Crippen molar-refractivity contribution in [3.05, 3.63) is 82.9 Å². The van der Waals surface area contributed by atoms with Crippen LogP contribution in [-0.2, 0) is 44.7 Å². The topological polar surface area (TPSA) is 191 Å². The van der Waals surface area contributed by atoms with Gasteiger partial charge in [-0.05, 0) is 90.0 Å². The zero-order chi connectivity index (χ0) is 38.0. The zero-order valence-corrected chi connectivity index (χ0v) is 29.8. The van der Waals surface area contributed by atoms with Gasteiger partial charge in [-0.3, -0.25) is 4.79 Å². The smallest absolute Gasteiger partial charge is 0.338 e. The summed E-state index contributed by atoms with van der Waals surface area (Å²) >= 11 is 0. The number of ether oxygens (including phenoxy) is 6. The summed E-state index contributed by atoms with van der Waals surface area (Å²) in [6.45, 7) is 0.103. The number of cyclic esters (lactones) is 2. The van der Waals surface area contributed by atoms with E-state index in [0.717, 1.165) is 5.56 Å². The van der Waals surface area contributed by atoms with Crippen LogP contribution in [0.1, 0.15) is 22.3 Å². The summed E-state index contributed by atoms with van der Waals surface area (Å²) in [7, 11) is 5.64. The maximum absolute atomic E-state index is 13.0. The molecular formula is C40H42O13. The average Bonchev–Trinajstić information content (AvgIpc) is 3.63. The molecule has 2 aliphatic rings. The van der Waals surface area contributed by atoms with Crippen LogP contribution in [0.2, 0.25) is 0 Å². The summed E-state index contributed by atoms with van der Waals surface area (Å²) in [5.74, 6) is -2.45. The lowest BCUT2D eigenvalue weighted by Crippen LogP contribution is -2.44. The molecule has 280 valence electrons. The molecule has 13 nitrogen and oxygen atoms in total. The molecule has 0 saturated carbocycles. The van der Waals surface area contributed by atoms with Crippen molar-refractivity contribution >= 4 is 11.9 Å². The van der Waals surface area contributed by atoms with Crippen LogP contribution in [0, 0.1) is 17.8 Å². The molecule has 0 amide bonds. The summed E-state index contributed by atoms with van der Waals surface area (Å²) in [5.41, 5.74) is 1.12. The number of hydrogen-bond acceptors (Lipinski definition) is 13. The average molecular weight is 731 g/mol. The Balaban J connectivity index is 1.31. The van der Waals surface area contributed by atoms with Crippen molar-refractivity contribution in [1.82, 2.24) is 0 Å². The number of aromatic hydroxyl groups is 4. The highest BCUT2D eigenvalue weighted by atomic mass is 16.6. The molecule has 0 spiro atoms. The van der Waals surface area contributed by atoms with E-state index < -0.39 is 23.4 Å². The second-order valence-corrected chi connectivity index (χ2v) is 13.4. The summed E-state index contributed by atoms with van der Waals surface area (Å²) < 4.78 is 32.3. The number of phenolic OH excluding ortho intramolecular Hbond substituents is 4. The Bertz CT molecular complexity index is 2020. The van der Waals surface area contributed by atoms with Gasteiger partial charge in [0.15, 0.2) is 51.6 Å². The Morgan fingerprint density at radius 3 is 1.70 bits per heavy atom. The summed E-state index contributed by atoms with van der Waals surface area (Å²) in [4.78, 5) is 25.9. The first-order valence-electron chi connectivity index (χ1n) is 17.0. The number of benzene rings is 4. The van der Waals surface area contributed by atoms with E-state index >= 15 is 0 Å². The number of esters is 2. The van der Waals surface area contributed by atoms with Gasteiger partial charge in [-0.15, -0.1) is 0 Å². The Labute approximate surface area is 305 Å². The first kappa shape index (κ1) is 37.0. The fraction of sp³-hybridized carbons (Fsp3) is 0.350. The van der Waals surface area contributed by atoms with Gasteiger partial charge in [0, 0.05) is 29.4 Å². The third-order valence-corrected chi connectivity index (χ3v) is 10.2. The number of carbonyl (C=O) groups is 2. The van der Waals surface area contributed by atoms with E-state index in [1.165, 1.54) is 40.6 Å². The lowest BCUT2D eigenvalue weighted by Gasteiger charge is -2.26. The number of hydrogen-bond donors (Lipinski definition) is 5. The van der Waals surface area contributed by atoms with Gasteiger partial charge in [-0.2, -0.15) is 0 Å². The van der Waals surface area contributed by atoms with Crippen molar-refractivity contribution in [1.29, 1.82) is 0 Å². The molecule has 0 unspecified atom stereocenters. The van der Waals surface area contributed by atoms with Crippen molar-refractivity contribution in [2.75, 3.05) is 41.7 Å². The van der Waals surface area contributed by atoms with E-state index in [9.17, 15) is 35.1 Å². The monoisotopic (exact) mass is 730 g/mol. The van der Waals surface area contributed by atoms with E-state index in [-0.39, 0.29) is 89.3 Å². The fourth-order valence-electron chi connectivity index (χ4n) is 7.23. The van der Waals surface area contributed by atoms with Crippen molar-refractivity contribution < 1.29 is 63.5 Å². The number of phenols is 4. The molecule has 2 saturated heterocycles. The number of methoxy groups -OCH3 is 4. The Morgan fingerprint density at radius 1 is 0.623 bits per heavy atom. The highest BCUT2D eigenvalue weighted by Crippen LogP contribution is 2.47. The molecule has 0 radical (unpaired) electrons.